The lowest BCUT2D eigenvalue weighted by Crippen LogP contribution is -2.36. The molecule has 190 valence electrons. The van der Waals surface area contributed by atoms with Gasteiger partial charge in [0.25, 0.3) is 5.91 Å². The van der Waals surface area contributed by atoms with Gasteiger partial charge in [-0.1, -0.05) is 75.1 Å². The molecule has 0 radical (unpaired) electrons. The Kier molecular flexibility index (Phi) is 11.7. The van der Waals surface area contributed by atoms with Gasteiger partial charge in [-0.3, -0.25) is 9.59 Å². The van der Waals surface area contributed by atoms with Gasteiger partial charge in [-0.25, -0.2) is 0 Å². The van der Waals surface area contributed by atoms with Crippen molar-refractivity contribution in [2.45, 2.75) is 95.6 Å². The second-order valence-electron chi connectivity index (χ2n) is 9.47. The number of hydrogen-bond acceptors (Lipinski definition) is 3. The van der Waals surface area contributed by atoms with E-state index in [4.69, 9.17) is 5.11 Å². The summed E-state index contributed by atoms with van der Waals surface area (Å²) >= 11 is 0. The molecule has 0 unspecified atom stereocenters. The maximum atomic E-state index is 14.0. The number of aliphatic carboxylic acids is 1. The Morgan fingerprint density at radius 1 is 1.12 bits per heavy atom. The van der Waals surface area contributed by atoms with E-state index in [2.05, 4.69) is 12.1 Å². The van der Waals surface area contributed by atoms with Gasteiger partial charge < -0.3 is 15.1 Å². The van der Waals surface area contributed by atoms with Gasteiger partial charge in [-0.15, -0.1) is 0 Å². The molecule has 0 saturated carbocycles. The summed E-state index contributed by atoms with van der Waals surface area (Å²) in [5, 5.41) is 19.2. The molecule has 7 heteroatoms. The van der Waals surface area contributed by atoms with Crippen LogP contribution in [0, 0.1) is 5.92 Å². The first-order valence-corrected chi connectivity index (χ1v) is 12.5. The normalized spacial score (nSPS) is 19.6. The van der Waals surface area contributed by atoms with Gasteiger partial charge in [0.15, 0.2) is 0 Å². The molecule has 2 rings (SSSR count). The number of amides is 1. The molecular weight excluding hydrogens is 440 g/mol. The van der Waals surface area contributed by atoms with Gasteiger partial charge in [0.1, 0.15) is 0 Å². The van der Waals surface area contributed by atoms with E-state index in [1.54, 1.807) is 12.2 Å². The zero-order chi connectivity index (χ0) is 25.0. The maximum Gasteiger partial charge on any atom is 0.327 e. The largest absolute Gasteiger partial charge is 0.481 e. The number of halogens is 2. The average Bonchev–Trinajstić information content (AvgIpc) is 3.02. The smallest absolute Gasteiger partial charge is 0.327 e. The molecule has 1 aromatic carbocycles. The minimum atomic E-state index is -3.38. The van der Waals surface area contributed by atoms with Gasteiger partial charge >= 0.3 is 11.9 Å². The van der Waals surface area contributed by atoms with Crippen LogP contribution < -0.4 is 0 Å². The Balaban J connectivity index is 1.73. The number of benzene rings is 1. The minimum absolute atomic E-state index is 0.00766. The number of carbonyl (C=O) groups is 2. The number of carboxylic acids is 1. The predicted molar refractivity (Wildman–Crippen MR) is 129 cm³/mol. The van der Waals surface area contributed by atoms with Crippen LogP contribution in [0.15, 0.2) is 42.5 Å². The maximum absolute atomic E-state index is 14.0. The molecule has 5 nitrogen and oxygen atoms in total. The summed E-state index contributed by atoms with van der Waals surface area (Å²) < 4.78 is 28.1. The standard InChI is InChI=1S/C27H39F2NO4/c1-21(12-6-4-7-13-22-14-8-5-9-15-22)24(31)18-17-23-20-27(28,29)26(34)30(23)19-11-3-2-10-16-25(32)33/h5,8-9,14-15,17-18,21,23-24,31H,2-4,6-7,10-13,16,19-20H2,1H3,(H,32,33)/t21-,23-,24+/m0/s1. The van der Waals surface area contributed by atoms with Crippen LogP contribution in [0.5, 0.6) is 0 Å². The van der Waals surface area contributed by atoms with Gasteiger partial charge in [0.2, 0.25) is 0 Å². The van der Waals surface area contributed by atoms with Crippen LogP contribution in [0.1, 0.15) is 76.7 Å². The second kappa shape index (κ2) is 14.2. The van der Waals surface area contributed by atoms with Crippen molar-refractivity contribution in [3.8, 4) is 0 Å². The number of carbonyl (C=O) groups excluding carboxylic acids is 1. The van der Waals surface area contributed by atoms with Crippen molar-refractivity contribution >= 4 is 11.9 Å². The van der Waals surface area contributed by atoms with E-state index in [0.29, 0.717) is 25.7 Å². The monoisotopic (exact) mass is 479 g/mol. The average molecular weight is 480 g/mol. The highest BCUT2D eigenvalue weighted by atomic mass is 19.3. The summed E-state index contributed by atoms with van der Waals surface area (Å²) in [5.41, 5.74) is 1.33. The molecule has 1 aliphatic rings. The topological polar surface area (TPSA) is 77.8 Å². The number of hydrogen-bond donors (Lipinski definition) is 2. The van der Waals surface area contributed by atoms with Crippen molar-refractivity contribution < 1.29 is 28.6 Å². The first kappa shape index (κ1) is 28.0. The zero-order valence-electron chi connectivity index (χ0n) is 20.2. The number of aliphatic hydroxyl groups is 1. The summed E-state index contributed by atoms with van der Waals surface area (Å²) in [6, 6.07) is 9.60. The molecule has 1 amide bonds. The predicted octanol–water partition coefficient (Wildman–Crippen LogP) is 5.61. The molecule has 3 atom stereocenters. The Labute approximate surface area is 201 Å². The molecule has 1 aromatic rings. The van der Waals surface area contributed by atoms with Crippen LogP contribution in [0.25, 0.3) is 0 Å². The Bertz CT molecular complexity index is 784. The number of aryl methyl sites for hydroxylation is 1. The van der Waals surface area contributed by atoms with Crippen molar-refractivity contribution in [1.82, 2.24) is 4.90 Å². The van der Waals surface area contributed by atoms with Crippen molar-refractivity contribution in [3.05, 3.63) is 48.0 Å². The Morgan fingerprint density at radius 3 is 2.50 bits per heavy atom. The number of rotatable bonds is 16. The fourth-order valence-corrected chi connectivity index (χ4v) is 4.39. The number of aliphatic hydroxyl groups excluding tert-OH is 1. The molecule has 34 heavy (non-hydrogen) atoms. The van der Waals surface area contributed by atoms with Crippen LogP contribution in [0.2, 0.25) is 0 Å². The quantitative estimate of drug-likeness (QED) is 0.238. The Hall–Kier alpha value is -2.28. The van der Waals surface area contributed by atoms with E-state index in [9.17, 15) is 23.5 Å². The molecule has 0 aliphatic carbocycles. The van der Waals surface area contributed by atoms with Crippen LogP contribution in [-0.2, 0) is 16.0 Å². The van der Waals surface area contributed by atoms with E-state index in [0.717, 1.165) is 32.1 Å². The highest BCUT2D eigenvalue weighted by Gasteiger charge is 2.52. The first-order valence-electron chi connectivity index (χ1n) is 12.5. The number of alkyl halides is 2. The van der Waals surface area contributed by atoms with Gasteiger partial charge in [-0.2, -0.15) is 8.78 Å². The summed E-state index contributed by atoms with van der Waals surface area (Å²) in [4.78, 5) is 23.9. The van der Waals surface area contributed by atoms with Crippen molar-refractivity contribution in [2.75, 3.05) is 6.54 Å². The molecule has 0 spiro atoms. The number of carboxylic acid groups (broad SMARTS) is 1. The summed E-state index contributed by atoms with van der Waals surface area (Å²) in [6.07, 6.45) is 9.40. The lowest BCUT2D eigenvalue weighted by atomic mass is 9.95. The number of likely N-dealkylation sites (tertiary alicyclic amines) is 1. The lowest BCUT2D eigenvalue weighted by Gasteiger charge is -2.22. The van der Waals surface area contributed by atoms with E-state index < -0.39 is 36.4 Å². The summed E-state index contributed by atoms with van der Waals surface area (Å²) in [6.45, 7) is 2.17. The highest BCUT2D eigenvalue weighted by molar-refractivity contribution is 5.86. The number of nitrogens with zero attached hydrogens (tertiary/aromatic N) is 1. The first-order chi connectivity index (χ1) is 16.2. The summed E-state index contributed by atoms with van der Waals surface area (Å²) in [7, 11) is 0. The van der Waals surface area contributed by atoms with Gasteiger partial charge in [0.05, 0.1) is 12.1 Å². The zero-order valence-corrected chi connectivity index (χ0v) is 20.2. The van der Waals surface area contributed by atoms with Crippen LogP contribution in [-0.4, -0.2) is 51.6 Å². The lowest BCUT2D eigenvalue weighted by molar-refractivity contribution is -0.148. The van der Waals surface area contributed by atoms with E-state index in [1.807, 2.05) is 25.1 Å². The molecule has 1 heterocycles. The Morgan fingerprint density at radius 2 is 1.79 bits per heavy atom. The fourth-order valence-electron chi connectivity index (χ4n) is 4.39. The third-order valence-electron chi connectivity index (χ3n) is 6.56. The molecule has 1 saturated heterocycles. The van der Waals surface area contributed by atoms with Crippen LogP contribution in [0.3, 0.4) is 0 Å². The minimum Gasteiger partial charge on any atom is -0.481 e. The van der Waals surface area contributed by atoms with Crippen LogP contribution in [0.4, 0.5) is 8.78 Å². The van der Waals surface area contributed by atoms with Crippen molar-refractivity contribution in [3.63, 3.8) is 0 Å². The van der Waals surface area contributed by atoms with Gasteiger partial charge in [-0.05, 0) is 43.6 Å². The van der Waals surface area contributed by atoms with Crippen molar-refractivity contribution in [2.24, 2.45) is 5.92 Å². The third kappa shape index (κ3) is 9.53. The molecule has 2 N–H and O–H groups in total. The SMILES string of the molecule is C[C@@H](CCCCCc1ccccc1)[C@H](O)C=C[C@H]1CC(F)(F)C(=O)N1CCCCCCC(=O)O. The molecule has 1 fully saturated rings. The van der Waals surface area contributed by atoms with Crippen LogP contribution >= 0.6 is 0 Å². The van der Waals surface area contributed by atoms with E-state index >= 15 is 0 Å². The molecule has 0 aromatic heterocycles. The van der Waals surface area contributed by atoms with E-state index in [1.165, 1.54) is 10.5 Å². The molecule has 1 aliphatic heterocycles. The molecule has 0 bridgehead atoms. The van der Waals surface area contributed by atoms with E-state index in [-0.39, 0.29) is 18.9 Å². The van der Waals surface area contributed by atoms with Crippen molar-refractivity contribution in [1.29, 1.82) is 0 Å². The fraction of sp³-hybridized carbons (Fsp3) is 0.630. The third-order valence-corrected chi connectivity index (χ3v) is 6.56. The second-order valence-corrected chi connectivity index (χ2v) is 9.47. The molecular formula is C27H39F2NO4. The summed E-state index contributed by atoms with van der Waals surface area (Å²) in [5.74, 6) is -5.38. The number of unbranched alkanes of at least 4 members (excludes halogenated alkanes) is 5. The van der Waals surface area contributed by atoms with Gasteiger partial charge in [0, 0.05) is 19.4 Å². The highest BCUT2D eigenvalue weighted by Crippen LogP contribution is 2.34.